The maximum absolute atomic E-state index is 10.4. The van der Waals surface area contributed by atoms with Crippen molar-refractivity contribution in [2.45, 2.75) is 38.2 Å². The van der Waals surface area contributed by atoms with Crippen molar-refractivity contribution in [1.82, 2.24) is 0 Å². The lowest BCUT2D eigenvalue weighted by atomic mass is 9.69. The molecular formula is C14H17BrO2. The average Bonchev–Trinajstić information content (AvgIpc) is 2.62. The van der Waals surface area contributed by atoms with Gasteiger partial charge in [-0.05, 0) is 42.0 Å². The second-order valence-corrected chi connectivity index (χ2v) is 6.48. The maximum atomic E-state index is 10.4. The fourth-order valence-corrected chi connectivity index (χ4v) is 3.77. The van der Waals surface area contributed by atoms with E-state index in [0.29, 0.717) is 5.92 Å². The van der Waals surface area contributed by atoms with Crippen molar-refractivity contribution in [1.29, 1.82) is 0 Å². The summed E-state index contributed by atoms with van der Waals surface area (Å²) in [4.78, 5) is 0. The van der Waals surface area contributed by atoms with E-state index in [2.05, 4.69) is 35.0 Å². The molecule has 0 saturated heterocycles. The van der Waals surface area contributed by atoms with Crippen LogP contribution in [-0.4, -0.2) is 17.3 Å². The van der Waals surface area contributed by atoms with Gasteiger partial charge in [0, 0.05) is 17.3 Å². The first-order valence-corrected chi connectivity index (χ1v) is 7.01. The van der Waals surface area contributed by atoms with Gasteiger partial charge in [-0.3, -0.25) is 0 Å². The average molecular weight is 297 g/mol. The first kappa shape index (κ1) is 11.5. The van der Waals surface area contributed by atoms with Gasteiger partial charge in [0.25, 0.3) is 0 Å². The molecule has 2 nitrogen and oxygen atoms in total. The summed E-state index contributed by atoms with van der Waals surface area (Å²) < 4.78 is 6.78. The molecule has 0 radical (unpaired) electrons. The number of rotatable bonds is 2. The molecule has 3 heteroatoms. The van der Waals surface area contributed by atoms with Gasteiger partial charge in [-0.25, -0.2) is 0 Å². The summed E-state index contributed by atoms with van der Waals surface area (Å²) >= 11 is 3.54. The minimum Gasteiger partial charge on any atom is -0.493 e. The third-order valence-electron chi connectivity index (χ3n) is 3.80. The lowest BCUT2D eigenvalue weighted by Gasteiger charge is -2.42. The van der Waals surface area contributed by atoms with Crippen LogP contribution in [0.1, 0.15) is 30.9 Å². The molecule has 1 aliphatic carbocycles. The van der Waals surface area contributed by atoms with Crippen LogP contribution in [0.15, 0.2) is 16.6 Å². The predicted molar refractivity (Wildman–Crippen MR) is 70.4 cm³/mol. The smallest absolute Gasteiger partial charge is 0.125 e. The van der Waals surface area contributed by atoms with Gasteiger partial charge >= 0.3 is 0 Å². The highest BCUT2D eigenvalue weighted by Gasteiger charge is 2.41. The summed E-state index contributed by atoms with van der Waals surface area (Å²) in [6, 6.07) is 4.21. The van der Waals surface area contributed by atoms with Gasteiger partial charge in [0.1, 0.15) is 5.75 Å². The summed E-state index contributed by atoms with van der Waals surface area (Å²) in [5.41, 5.74) is 1.92. The van der Waals surface area contributed by atoms with Gasteiger partial charge in [0.15, 0.2) is 0 Å². The fraction of sp³-hybridized carbons (Fsp3) is 0.571. The Morgan fingerprint density at radius 2 is 2.24 bits per heavy atom. The predicted octanol–water partition coefficient (Wildman–Crippen LogP) is 3.09. The monoisotopic (exact) mass is 296 g/mol. The quantitative estimate of drug-likeness (QED) is 0.909. The van der Waals surface area contributed by atoms with E-state index in [4.69, 9.17) is 4.74 Å². The number of ether oxygens (including phenoxy) is 1. The van der Waals surface area contributed by atoms with Crippen molar-refractivity contribution in [3.63, 3.8) is 0 Å². The van der Waals surface area contributed by atoms with E-state index in [9.17, 15) is 5.11 Å². The molecule has 1 saturated carbocycles. The number of fused-ring (bicyclic) bond motifs is 1. The molecule has 1 aromatic rings. The van der Waals surface area contributed by atoms with Crippen molar-refractivity contribution in [2.24, 2.45) is 5.92 Å². The minimum absolute atomic E-state index is 0.500. The molecule has 2 aliphatic rings. The summed E-state index contributed by atoms with van der Waals surface area (Å²) in [6.07, 6.45) is 3.53. The van der Waals surface area contributed by atoms with Crippen LogP contribution in [0.5, 0.6) is 5.75 Å². The van der Waals surface area contributed by atoms with E-state index < -0.39 is 5.60 Å². The third kappa shape index (κ3) is 2.11. The largest absolute Gasteiger partial charge is 0.493 e. The van der Waals surface area contributed by atoms with Gasteiger partial charge in [-0.15, -0.1) is 0 Å². The van der Waals surface area contributed by atoms with E-state index in [-0.39, 0.29) is 0 Å². The van der Waals surface area contributed by atoms with Gasteiger partial charge in [0.05, 0.1) is 12.2 Å². The van der Waals surface area contributed by atoms with Crippen LogP contribution >= 0.6 is 15.9 Å². The second-order valence-electron chi connectivity index (χ2n) is 5.57. The third-order valence-corrected chi connectivity index (χ3v) is 4.26. The molecule has 1 N–H and O–H groups in total. The Morgan fingerprint density at radius 1 is 1.47 bits per heavy atom. The number of halogens is 1. The van der Waals surface area contributed by atoms with E-state index in [1.54, 1.807) is 0 Å². The molecule has 1 fully saturated rings. The SMILES string of the molecule is CC1CC(O)(Cc2cc(Br)cc3c2OCC3)C1. The lowest BCUT2D eigenvalue weighted by molar-refractivity contribution is -0.0668. The van der Waals surface area contributed by atoms with E-state index in [1.807, 2.05) is 0 Å². The molecule has 0 atom stereocenters. The summed E-state index contributed by atoms with van der Waals surface area (Å²) in [7, 11) is 0. The van der Waals surface area contributed by atoms with E-state index in [1.165, 1.54) is 5.56 Å². The topological polar surface area (TPSA) is 29.5 Å². The Hall–Kier alpha value is -0.540. The molecule has 3 rings (SSSR count). The van der Waals surface area contributed by atoms with E-state index >= 15 is 0 Å². The number of hydrogen-bond acceptors (Lipinski definition) is 2. The van der Waals surface area contributed by atoms with Crippen molar-refractivity contribution in [2.75, 3.05) is 6.61 Å². The summed E-state index contributed by atoms with van der Waals surface area (Å²) in [5.74, 6) is 1.67. The van der Waals surface area contributed by atoms with Crippen molar-refractivity contribution < 1.29 is 9.84 Å². The Morgan fingerprint density at radius 3 is 2.94 bits per heavy atom. The molecule has 0 amide bonds. The highest BCUT2D eigenvalue weighted by molar-refractivity contribution is 9.10. The lowest BCUT2D eigenvalue weighted by Crippen LogP contribution is -2.44. The zero-order valence-corrected chi connectivity index (χ0v) is 11.6. The Balaban J connectivity index is 1.88. The van der Waals surface area contributed by atoms with Crippen LogP contribution in [0, 0.1) is 5.92 Å². The van der Waals surface area contributed by atoms with Crippen LogP contribution < -0.4 is 4.74 Å². The molecule has 0 spiro atoms. The summed E-state index contributed by atoms with van der Waals surface area (Å²) in [6.45, 7) is 2.96. The fourth-order valence-electron chi connectivity index (χ4n) is 3.21. The molecule has 1 aromatic carbocycles. The number of aliphatic hydroxyl groups is 1. The zero-order valence-electron chi connectivity index (χ0n) is 10.0. The molecule has 17 heavy (non-hydrogen) atoms. The highest BCUT2D eigenvalue weighted by Crippen LogP contribution is 2.43. The Kier molecular flexibility index (Phi) is 2.71. The van der Waals surface area contributed by atoms with Crippen LogP contribution in [-0.2, 0) is 12.8 Å². The first-order valence-electron chi connectivity index (χ1n) is 6.22. The molecule has 1 aliphatic heterocycles. The highest BCUT2D eigenvalue weighted by atomic mass is 79.9. The molecule has 1 heterocycles. The van der Waals surface area contributed by atoms with Crippen molar-refractivity contribution >= 4 is 15.9 Å². The Bertz CT molecular complexity index is 450. The molecule has 0 unspecified atom stereocenters. The van der Waals surface area contributed by atoms with Gasteiger partial charge in [-0.2, -0.15) is 0 Å². The number of benzene rings is 1. The van der Waals surface area contributed by atoms with Gasteiger partial charge < -0.3 is 9.84 Å². The van der Waals surface area contributed by atoms with Gasteiger partial charge in [0.2, 0.25) is 0 Å². The zero-order chi connectivity index (χ0) is 12.0. The van der Waals surface area contributed by atoms with E-state index in [0.717, 1.165) is 48.1 Å². The molecular weight excluding hydrogens is 280 g/mol. The van der Waals surface area contributed by atoms with Crippen LogP contribution in [0.25, 0.3) is 0 Å². The molecule has 92 valence electrons. The minimum atomic E-state index is -0.500. The standard InChI is InChI=1S/C14H17BrO2/c1-9-6-14(16,7-9)8-11-5-12(15)4-10-2-3-17-13(10)11/h4-5,9,16H,2-3,6-8H2,1H3. The second kappa shape index (κ2) is 3.99. The Labute approximate surface area is 110 Å². The van der Waals surface area contributed by atoms with Gasteiger partial charge in [-0.1, -0.05) is 22.9 Å². The van der Waals surface area contributed by atoms with Crippen LogP contribution in [0.3, 0.4) is 0 Å². The van der Waals surface area contributed by atoms with Crippen LogP contribution in [0.2, 0.25) is 0 Å². The first-order chi connectivity index (χ1) is 8.06. The molecule has 0 bridgehead atoms. The summed E-state index contributed by atoms with van der Waals surface area (Å²) in [5, 5.41) is 10.4. The maximum Gasteiger partial charge on any atom is 0.125 e. The van der Waals surface area contributed by atoms with Crippen LogP contribution in [0.4, 0.5) is 0 Å². The van der Waals surface area contributed by atoms with Crippen molar-refractivity contribution in [3.05, 3.63) is 27.7 Å². The normalized spacial score (nSPS) is 30.6. The molecule has 0 aromatic heterocycles. The number of hydrogen-bond donors (Lipinski definition) is 1. The van der Waals surface area contributed by atoms with Crippen molar-refractivity contribution in [3.8, 4) is 5.75 Å².